The molecule has 1 N–H and O–H groups in total. The van der Waals surface area contributed by atoms with Gasteiger partial charge in [-0.25, -0.2) is 4.98 Å². The number of rotatable bonds is 6. The van der Waals surface area contributed by atoms with Crippen LogP contribution in [0, 0.1) is 0 Å². The molecule has 1 aromatic heterocycles. The third-order valence-electron chi connectivity index (χ3n) is 2.19. The van der Waals surface area contributed by atoms with Gasteiger partial charge in [0.15, 0.2) is 0 Å². The Morgan fingerprint density at radius 2 is 2.24 bits per heavy atom. The predicted molar refractivity (Wildman–Crippen MR) is 54.4 cm³/mol. The Bertz CT molecular complexity index is 339. The SMILES string of the molecule is CCn1ccnc1C(O)CCOCC(F)(F)F. The summed E-state index contributed by atoms with van der Waals surface area (Å²) in [6.07, 6.45) is -1.90. The molecule has 0 bridgehead atoms. The molecule has 0 aliphatic heterocycles. The number of halogens is 3. The van der Waals surface area contributed by atoms with Crippen LogP contribution in [-0.4, -0.2) is 34.0 Å². The second kappa shape index (κ2) is 6.02. The second-order valence-electron chi connectivity index (χ2n) is 3.54. The van der Waals surface area contributed by atoms with E-state index in [4.69, 9.17) is 0 Å². The van der Waals surface area contributed by atoms with Crippen molar-refractivity contribution in [1.29, 1.82) is 0 Å². The van der Waals surface area contributed by atoms with Crippen molar-refractivity contribution in [1.82, 2.24) is 9.55 Å². The molecule has 4 nitrogen and oxygen atoms in total. The second-order valence-corrected chi connectivity index (χ2v) is 3.54. The fourth-order valence-corrected chi connectivity index (χ4v) is 1.40. The van der Waals surface area contributed by atoms with E-state index in [1.54, 1.807) is 17.0 Å². The van der Waals surface area contributed by atoms with Crippen molar-refractivity contribution in [3.63, 3.8) is 0 Å². The summed E-state index contributed by atoms with van der Waals surface area (Å²) in [6, 6.07) is 0. The summed E-state index contributed by atoms with van der Waals surface area (Å²) in [5.41, 5.74) is 0. The zero-order valence-corrected chi connectivity index (χ0v) is 9.44. The quantitative estimate of drug-likeness (QED) is 0.787. The molecule has 0 saturated carbocycles. The number of hydrogen-bond acceptors (Lipinski definition) is 3. The number of aliphatic hydroxyl groups is 1. The fraction of sp³-hybridized carbons (Fsp3) is 0.700. The Labute approximate surface area is 97.0 Å². The fourth-order valence-electron chi connectivity index (χ4n) is 1.40. The van der Waals surface area contributed by atoms with Crippen molar-refractivity contribution in [2.24, 2.45) is 0 Å². The van der Waals surface area contributed by atoms with Crippen LogP contribution in [0.25, 0.3) is 0 Å². The number of aliphatic hydroxyl groups excluding tert-OH is 1. The lowest BCUT2D eigenvalue weighted by molar-refractivity contribution is -0.175. The number of nitrogens with zero attached hydrogens (tertiary/aromatic N) is 2. The highest BCUT2D eigenvalue weighted by Crippen LogP contribution is 2.17. The minimum atomic E-state index is -4.33. The molecular formula is C10H15F3N2O2. The van der Waals surface area contributed by atoms with E-state index in [9.17, 15) is 18.3 Å². The van der Waals surface area contributed by atoms with Gasteiger partial charge in [0.2, 0.25) is 0 Å². The van der Waals surface area contributed by atoms with Crippen LogP contribution in [0.5, 0.6) is 0 Å². The van der Waals surface area contributed by atoms with E-state index in [0.717, 1.165) is 0 Å². The summed E-state index contributed by atoms with van der Waals surface area (Å²) in [7, 11) is 0. The first-order chi connectivity index (χ1) is 7.94. The monoisotopic (exact) mass is 252 g/mol. The Morgan fingerprint density at radius 3 is 2.82 bits per heavy atom. The molecule has 0 radical (unpaired) electrons. The Morgan fingerprint density at radius 1 is 1.53 bits per heavy atom. The molecular weight excluding hydrogens is 237 g/mol. The number of ether oxygens (including phenoxy) is 1. The van der Waals surface area contributed by atoms with Gasteiger partial charge in [0.25, 0.3) is 0 Å². The van der Waals surface area contributed by atoms with E-state index in [1.165, 1.54) is 0 Å². The Hall–Kier alpha value is -1.08. The zero-order valence-electron chi connectivity index (χ0n) is 9.44. The smallest absolute Gasteiger partial charge is 0.385 e. The molecule has 1 atom stereocenters. The molecule has 7 heteroatoms. The van der Waals surface area contributed by atoms with Gasteiger partial charge >= 0.3 is 6.18 Å². The van der Waals surface area contributed by atoms with Crippen LogP contribution in [0.2, 0.25) is 0 Å². The summed E-state index contributed by atoms with van der Waals surface area (Å²) in [5.74, 6) is 0.447. The normalized spacial score (nSPS) is 13.9. The van der Waals surface area contributed by atoms with Gasteiger partial charge in [-0.3, -0.25) is 0 Å². The molecule has 1 rings (SSSR count). The number of alkyl halides is 3. The van der Waals surface area contributed by atoms with Gasteiger partial charge < -0.3 is 14.4 Å². The minimum absolute atomic E-state index is 0.0904. The van der Waals surface area contributed by atoms with Gasteiger partial charge in [-0.05, 0) is 6.92 Å². The molecule has 0 aliphatic carbocycles. The molecule has 1 aromatic rings. The maximum atomic E-state index is 11.8. The molecule has 0 saturated heterocycles. The van der Waals surface area contributed by atoms with E-state index in [1.807, 2.05) is 6.92 Å². The van der Waals surface area contributed by atoms with Gasteiger partial charge in [0.05, 0.1) is 0 Å². The van der Waals surface area contributed by atoms with Crippen molar-refractivity contribution in [2.45, 2.75) is 32.2 Å². The van der Waals surface area contributed by atoms with Crippen molar-refractivity contribution < 1.29 is 23.0 Å². The van der Waals surface area contributed by atoms with E-state index < -0.39 is 18.9 Å². The topological polar surface area (TPSA) is 47.3 Å². The van der Waals surface area contributed by atoms with Crippen molar-refractivity contribution in [3.05, 3.63) is 18.2 Å². The first-order valence-corrected chi connectivity index (χ1v) is 5.27. The van der Waals surface area contributed by atoms with Crippen molar-refractivity contribution >= 4 is 0 Å². The number of aryl methyl sites for hydroxylation is 1. The van der Waals surface area contributed by atoms with Gasteiger partial charge in [-0.1, -0.05) is 0 Å². The van der Waals surface area contributed by atoms with E-state index in [2.05, 4.69) is 9.72 Å². The number of aromatic nitrogens is 2. The zero-order chi connectivity index (χ0) is 12.9. The lowest BCUT2D eigenvalue weighted by Crippen LogP contribution is -2.18. The molecule has 17 heavy (non-hydrogen) atoms. The van der Waals surface area contributed by atoms with Crippen LogP contribution in [0.4, 0.5) is 13.2 Å². The lowest BCUT2D eigenvalue weighted by atomic mass is 10.2. The standard InChI is InChI=1S/C10H15F3N2O2/c1-2-15-5-4-14-9(15)8(16)3-6-17-7-10(11,12)13/h4-5,8,16H,2-3,6-7H2,1H3. The average molecular weight is 252 g/mol. The van der Waals surface area contributed by atoms with Crippen LogP contribution in [0.1, 0.15) is 25.3 Å². The first kappa shape index (κ1) is 14.0. The molecule has 0 fully saturated rings. The summed E-state index contributed by atoms with van der Waals surface area (Å²) < 4.78 is 41.5. The molecule has 0 aliphatic rings. The third-order valence-corrected chi connectivity index (χ3v) is 2.19. The van der Waals surface area contributed by atoms with E-state index >= 15 is 0 Å². The summed E-state index contributed by atoms with van der Waals surface area (Å²) >= 11 is 0. The molecule has 98 valence electrons. The van der Waals surface area contributed by atoms with Crippen molar-refractivity contribution in [2.75, 3.05) is 13.2 Å². The van der Waals surface area contributed by atoms with Crippen LogP contribution in [0.15, 0.2) is 12.4 Å². The first-order valence-electron chi connectivity index (χ1n) is 5.27. The maximum absolute atomic E-state index is 11.8. The van der Waals surface area contributed by atoms with Crippen LogP contribution in [-0.2, 0) is 11.3 Å². The lowest BCUT2D eigenvalue weighted by Gasteiger charge is -2.12. The molecule has 0 amide bonds. The number of hydrogen-bond donors (Lipinski definition) is 1. The summed E-state index contributed by atoms with van der Waals surface area (Å²) in [6.45, 7) is 1.09. The number of imidazole rings is 1. The van der Waals surface area contributed by atoms with Crippen molar-refractivity contribution in [3.8, 4) is 0 Å². The predicted octanol–water partition coefficient (Wildman–Crippen LogP) is 1.91. The van der Waals surface area contributed by atoms with Gasteiger partial charge in [-0.2, -0.15) is 13.2 Å². The van der Waals surface area contributed by atoms with Crippen LogP contribution in [0.3, 0.4) is 0 Å². The van der Waals surface area contributed by atoms with Gasteiger partial charge in [-0.15, -0.1) is 0 Å². The highest BCUT2D eigenvalue weighted by molar-refractivity contribution is 4.96. The average Bonchev–Trinajstić information content (AvgIpc) is 2.70. The highest BCUT2D eigenvalue weighted by Gasteiger charge is 2.27. The molecule has 0 aromatic carbocycles. The Balaban J connectivity index is 2.33. The summed E-state index contributed by atoms with van der Waals surface area (Å²) in [5, 5.41) is 9.71. The maximum Gasteiger partial charge on any atom is 0.411 e. The molecule has 1 heterocycles. The minimum Gasteiger partial charge on any atom is -0.385 e. The molecule has 1 unspecified atom stereocenters. The highest BCUT2D eigenvalue weighted by atomic mass is 19.4. The van der Waals surface area contributed by atoms with Crippen LogP contribution < -0.4 is 0 Å². The van der Waals surface area contributed by atoms with Gasteiger partial charge in [0, 0.05) is 32.0 Å². The van der Waals surface area contributed by atoms with E-state index in [0.29, 0.717) is 12.4 Å². The summed E-state index contributed by atoms with van der Waals surface area (Å²) in [4.78, 5) is 3.95. The third kappa shape index (κ3) is 4.74. The van der Waals surface area contributed by atoms with Gasteiger partial charge in [0.1, 0.15) is 18.5 Å². The largest absolute Gasteiger partial charge is 0.411 e. The molecule has 0 spiro atoms. The Kier molecular flexibility index (Phi) is 4.95. The van der Waals surface area contributed by atoms with E-state index in [-0.39, 0.29) is 13.0 Å². The van der Waals surface area contributed by atoms with Crippen LogP contribution >= 0.6 is 0 Å².